The molecule has 160 valence electrons. The zero-order chi connectivity index (χ0) is 21.8. The quantitative estimate of drug-likeness (QED) is 0.706. The van der Waals surface area contributed by atoms with Crippen LogP contribution in [0.5, 0.6) is 5.75 Å². The summed E-state index contributed by atoms with van der Waals surface area (Å²) in [6.45, 7) is -0.841. The molecule has 3 N–H and O–H groups in total. The van der Waals surface area contributed by atoms with Gasteiger partial charge in [-0.1, -0.05) is 0 Å². The lowest BCUT2D eigenvalue weighted by Gasteiger charge is -2.43. The van der Waals surface area contributed by atoms with E-state index < -0.39 is 71.4 Å². The maximum atomic E-state index is 14.5. The molecule has 0 bridgehead atoms. The summed E-state index contributed by atoms with van der Waals surface area (Å²) in [5.74, 6) is -7.69. The first kappa shape index (κ1) is 20.0. The van der Waals surface area contributed by atoms with Crippen molar-refractivity contribution >= 4 is 17.5 Å². The second-order valence-corrected chi connectivity index (χ2v) is 7.02. The molecule has 8 nitrogen and oxygen atoms in total. The van der Waals surface area contributed by atoms with Gasteiger partial charge in [0.2, 0.25) is 11.7 Å². The van der Waals surface area contributed by atoms with Gasteiger partial charge >= 0.3 is 6.18 Å². The SMILES string of the molecule is NC(=O)c1nc2n(n1)C([C@H]1COc3cc(F)cc(F)c3NC1=O)(C(F)(F)F)CCC2. The molecular weight excluding hydrogens is 417 g/mol. The van der Waals surface area contributed by atoms with Crippen molar-refractivity contribution < 1.29 is 36.3 Å². The molecule has 0 fully saturated rings. The fourth-order valence-electron chi connectivity index (χ4n) is 3.93. The highest BCUT2D eigenvalue weighted by Crippen LogP contribution is 2.50. The lowest BCUT2D eigenvalue weighted by atomic mass is 9.76. The number of nitrogens with one attached hydrogen (secondary N) is 1. The van der Waals surface area contributed by atoms with E-state index in [1.807, 2.05) is 0 Å². The number of hydrogen-bond acceptors (Lipinski definition) is 5. The van der Waals surface area contributed by atoms with Gasteiger partial charge < -0.3 is 15.8 Å². The third kappa shape index (κ3) is 2.87. The number of benzene rings is 1. The Morgan fingerprint density at radius 3 is 2.73 bits per heavy atom. The molecule has 0 radical (unpaired) electrons. The molecule has 0 saturated heterocycles. The number of primary amides is 1. The first-order valence-electron chi connectivity index (χ1n) is 8.80. The van der Waals surface area contributed by atoms with Gasteiger partial charge in [0.1, 0.15) is 35.6 Å². The van der Waals surface area contributed by atoms with Crippen LogP contribution in [0.1, 0.15) is 29.3 Å². The predicted octanol–water partition coefficient (Wildman–Crippen LogP) is 1.90. The second-order valence-electron chi connectivity index (χ2n) is 7.02. The number of aromatic nitrogens is 3. The van der Waals surface area contributed by atoms with Crippen molar-refractivity contribution in [2.24, 2.45) is 11.7 Å². The molecule has 0 spiro atoms. The Balaban J connectivity index is 1.85. The summed E-state index contributed by atoms with van der Waals surface area (Å²) in [5.41, 5.74) is 1.61. The molecule has 3 heterocycles. The van der Waals surface area contributed by atoms with E-state index >= 15 is 0 Å². The number of carbonyl (C=O) groups excluding carboxylic acids is 2. The van der Waals surface area contributed by atoms with Gasteiger partial charge in [-0.25, -0.2) is 18.4 Å². The number of ether oxygens (including phenoxy) is 1. The highest BCUT2D eigenvalue weighted by atomic mass is 19.4. The Hall–Kier alpha value is -3.25. The van der Waals surface area contributed by atoms with Crippen molar-refractivity contribution in [2.45, 2.75) is 31.0 Å². The Kier molecular flexibility index (Phi) is 4.43. The highest BCUT2D eigenvalue weighted by molar-refractivity contribution is 5.96. The van der Waals surface area contributed by atoms with E-state index in [9.17, 15) is 31.5 Å². The number of hydrogen-bond donors (Lipinski definition) is 2. The Bertz CT molecular complexity index is 1050. The summed E-state index contributed by atoms with van der Waals surface area (Å²) in [5, 5.41) is 5.70. The molecule has 2 atom stereocenters. The number of amides is 2. The number of fused-ring (bicyclic) bond motifs is 2. The topological polar surface area (TPSA) is 112 Å². The standard InChI is InChI=1S/C17H14F5N5O3/c18-7-4-9(19)12-10(5-7)30-6-8(15(29)25-12)16(17(20,21)22)3-1-2-11-24-14(13(23)28)26-27(11)16/h4-5,8H,1-3,6H2,(H2,23,28)(H,25,29)/t8-,16?/m0/s1. The first-order chi connectivity index (χ1) is 14.0. The molecule has 30 heavy (non-hydrogen) atoms. The third-order valence-electron chi connectivity index (χ3n) is 5.29. The van der Waals surface area contributed by atoms with Crippen molar-refractivity contribution in [2.75, 3.05) is 11.9 Å². The van der Waals surface area contributed by atoms with Gasteiger partial charge in [0.15, 0.2) is 11.4 Å². The molecule has 1 aromatic carbocycles. The molecule has 2 aromatic rings. The fraction of sp³-hybridized carbons (Fsp3) is 0.412. The number of nitrogens with two attached hydrogens (primary N) is 1. The number of aryl methyl sites for hydroxylation is 1. The fourth-order valence-corrected chi connectivity index (χ4v) is 3.93. The van der Waals surface area contributed by atoms with Crippen LogP contribution in [0.4, 0.5) is 27.6 Å². The largest absolute Gasteiger partial charge is 0.490 e. The maximum Gasteiger partial charge on any atom is 0.414 e. The molecule has 2 aliphatic heterocycles. The zero-order valence-corrected chi connectivity index (χ0v) is 15.1. The summed E-state index contributed by atoms with van der Waals surface area (Å²) < 4.78 is 76.7. The van der Waals surface area contributed by atoms with E-state index in [2.05, 4.69) is 15.4 Å². The molecule has 4 rings (SSSR count). The summed E-state index contributed by atoms with van der Waals surface area (Å²) in [6.07, 6.45) is -5.54. The molecule has 0 saturated carbocycles. The van der Waals surface area contributed by atoms with Crippen LogP contribution in [-0.2, 0) is 16.8 Å². The monoisotopic (exact) mass is 431 g/mol. The Labute approximate surface area is 165 Å². The summed E-state index contributed by atoms with van der Waals surface area (Å²) in [6, 6.07) is 1.23. The second kappa shape index (κ2) is 6.64. The van der Waals surface area contributed by atoms with Gasteiger partial charge in [0.25, 0.3) is 5.91 Å². The lowest BCUT2D eigenvalue weighted by molar-refractivity contribution is -0.243. The zero-order valence-electron chi connectivity index (χ0n) is 15.1. The van der Waals surface area contributed by atoms with Crippen LogP contribution in [-0.4, -0.2) is 39.4 Å². The molecule has 13 heteroatoms. The van der Waals surface area contributed by atoms with Crippen molar-refractivity contribution in [1.29, 1.82) is 0 Å². The normalized spacial score (nSPS) is 23.6. The van der Waals surface area contributed by atoms with E-state index in [0.29, 0.717) is 10.7 Å². The van der Waals surface area contributed by atoms with Crippen LogP contribution < -0.4 is 15.8 Å². The van der Waals surface area contributed by atoms with Gasteiger partial charge in [-0.05, 0) is 12.8 Å². The summed E-state index contributed by atoms with van der Waals surface area (Å²) in [7, 11) is 0. The van der Waals surface area contributed by atoms with Crippen molar-refractivity contribution in [3.05, 3.63) is 35.4 Å². The van der Waals surface area contributed by atoms with Crippen LogP contribution in [0, 0.1) is 17.6 Å². The van der Waals surface area contributed by atoms with Crippen LogP contribution in [0.3, 0.4) is 0 Å². The van der Waals surface area contributed by atoms with E-state index in [1.54, 1.807) is 0 Å². The minimum Gasteiger partial charge on any atom is -0.490 e. The maximum absolute atomic E-state index is 14.5. The Morgan fingerprint density at radius 2 is 2.07 bits per heavy atom. The van der Waals surface area contributed by atoms with Gasteiger partial charge in [-0.15, -0.1) is 5.10 Å². The van der Waals surface area contributed by atoms with E-state index in [4.69, 9.17) is 10.5 Å². The molecule has 0 aliphatic carbocycles. The van der Waals surface area contributed by atoms with Crippen molar-refractivity contribution in [3.8, 4) is 5.75 Å². The average molecular weight is 431 g/mol. The molecular formula is C17H14F5N5O3. The van der Waals surface area contributed by atoms with E-state index in [0.717, 1.165) is 6.07 Å². The van der Waals surface area contributed by atoms with Crippen LogP contribution in [0.2, 0.25) is 0 Å². The number of anilines is 1. The number of halogens is 5. The van der Waals surface area contributed by atoms with Crippen LogP contribution >= 0.6 is 0 Å². The minimum absolute atomic E-state index is 0.0177. The van der Waals surface area contributed by atoms with Crippen LogP contribution in [0.25, 0.3) is 0 Å². The van der Waals surface area contributed by atoms with E-state index in [1.165, 1.54) is 0 Å². The number of alkyl halides is 3. The first-order valence-corrected chi connectivity index (χ1v) is 8.80. The van der Waals surface area contributed by atoms with Gasteiger partial charge in [-0.2, -0.15) is 13.2 Å². The smallest absolute Gasteiger partial charge is 0.414 e. The number of carbonyl (C=O) groups is 2. The summed E-state index contributed by atoms with van der Waals surface area (Å²) in [4.78, 5) is 28.0. The molecule has 2 aliphatic rings. The highest BCUT2D eigenvalue weighted by Gasteiger charge is 2.65. The van der Waals surface area contributed by atoms with Crippen molar-refractivity contribution in [1.82, 2.24) is 14.8 Å². The molecule has 2 amide bonds. The van der Waals surface area contributed by atoms with Gasteiger partial charge in [0, 0.05) is 18.6 Å². The lowest BCUT2D eigenvalue weighted by Crippen LogP contribution is -2.60. The third-order valence-corrected chi connectivity index (χ3v) is 5.29. The number of nitrogens with zero attached hydrogens (tertiary/aromatic N) is 3. The van der Waals surface area contributed by atoms with E-state index in [-0.39, 0.29) is 18.7 Å². The predicted molar refractivity (Wildman–Crippen MR) is 89.5 cm³/mol. The molecule has 1 unspecified atom stereocenters. The van der Waals surface area contributed by atoms with Crippen LogP contribution in [0.15, 0.2) is 12.1 Å². The van der Waals surface area contributed by atoms with Gasteiger partial charge in [-0.3, -0.25) is 9.59 Å². The van der Waals surface area contributed by atoms with Crippen molar-refractivity contribution in [3.63, 3.8) is 0 Å². The number of rotatable bonds is 2. The van der Waals surface area contributed by atoms with Gasteiger partial charge in [0.05, 0.1) is 0 Å². The summed E-state index contributed by atoms with van der Waals surface area (Å²) >= 11 is 0. The minimum atomic E-state index is -5.03. The average Bonchev–Trinajstić information content (AvgIpc) is 3.01. The molecule has 1 aromatic heterocycles. The Morgan fingerprint density at radius 1 is 1.33 bits per heavy atom.